The lowest BCUT2D eigenvalue weighted by atomic mass is 10.0. The zero-order chi connectivity index (χ0) is 14.4. The van der Waals surface area contributed by atoms with Crippen molar-refractivity contribution >= 4 is 17.5 Å². The minimum absolute atomic E-state index is 0.0518. The largest absolute Gasteiger partial charge is 0.435 e. The molecule has 0 radical (unpaired) electrons. The standard InChI is InChI=1S/C14H12ClFN2O2/c1-6-12(13(17)19)20-14(18-6)9-3-2-8-10(9)4-7(15)5-11(8)16/h4-5,9H,2-3H2,1H3,(H2,17,19)/t9-/m1/s1. The fourth-order valence-electron chi connectivity index (χ4n) is 2.69. The molecule has 1 atom stereocenters. The summed E-state index contributed by atoms with van der Waals surface area (Å²) in [6, 6.07) is 3.03. The number of oxazole rings is 1. The normalized spacial score (nSPS) is 17.2. The number of hydrogen-bond acceptors (Lipinski definition) is 3. The van der Waals surface area contributed by atoms with Crippen LogP contribution in [0.3, 0.4) is 0 Å². The van der Waals surface area contributed by atoms with Crippen LogP contribution in [0.25, 0.3) is 0 Å². The van der Waals surface area contributed by atoms with Crippen LogP contribution in [0.2, 0.25) is 5.02 Å². The van der Waals surface area contributed by atoms with Crippen LogP contribution >= 0.6 is 11.6 Å². The quantitative estimate of drug-likeness (QED) is 0.926. The smallest absolute Gasteiger partial charge is 0.286 e. The SMILES string of the molecule is Cc1nc([C@@H]2CCc3c(F)cc(Cl)cc32)oc1C(N)=O. The Hall–Kier alpha value is -1.88. The van der Waals surface area contributed by atoms with E-state index >= 15 is 0 Å². The Labute approximate surface area is 119 Å². The molecular formula is C14H12ClFN2O2. The fourth-order valence-corrected chi connectivity index (χ4v) is 2.91. The number of rotatable bonds is 2. The van der Waals surface area contributed by atoms with E-state index in [1.54, 1.807) is 13.0 Å². The molecule has 2 N–H and O–H groups in total. The van der Waals surface area contributed by atoms with Crippen LogP contribution in [0, 0.1) is 12.7 Å². The lowest BCUT2D eigenvalue weighted by molar-refractivity contribution is 0.0971. The van der Waals surface area contributed by atoms with Gasteiger partial charge >= 0.3 is 0 Å². The molecule has 0 saturated heterocycles. The van der Waals surface area contributed by atoms with E-state index in [4.69, 9.17) is 21.8 Å². The van der Waals surface area contributed by atoms with Crippen molar-refractivity contribution in [2.45, 2.75) is 25.7 Å². The predicted octanol–water partition coefficient (Wildman–Crippen LogP) is 2.95. The maximum Gasteiger partial charge on any atom is 0.286 e. The zero-order valence-corrected chi connectivity index (χ0v) is 11.5. The number of aryl methyl sites for hydroxylation is 1. The first-order valence-corrected chi connectivity index (χ1v) is 6.60. The van der Waals surface area contributed by atoms with E-state index in [2.05, 4.69) is 4.98 Å². The monoisotopic (exact) mass is 294 g/mol. The molecule has 1 amide bonds. The third-order valence-electron chi connectivity index (χ3n) is 3.59. The van der Waals surface area contributed by atoms with Gasteiger partial charge in [-0.25, -0.2) is 9.37 Å². The first-order valence-electron chi connectivity index (χ1n) is 6.22. The van der Waals surface area contributed by atoms with Gasteiger partial charge in [0.25, 0.3) is 5.91 Å². The Kier molecular flexibility index (Phi) is 3.01. The van der Waals surface area contributed by atoms with Crippen molar-refractivity contribution < 1.29 is 13.6 Å². The second-order valence-corrected chi connectivity index (χ2v) is 5.31. The van der Waals surface area contributed by atoms with Gasteiger partial charge in [0.1, 0.15) is 5.82 Å². The molecule has 4 nitrogen and oxygen atoms in total. The van der Waals surface area contributed by atoms with E-state index in [0.717, 1.165) is 5.56 Å². The number of fused-ring (bicyclic) bond motifs is 1. The summed E-state index contributed by atoms with van der Waals surface area (Å²) in [5.41, 5.74) is 7.07. The number of hydrogen-bond donors (Lipinski definition) is 1. The molecule has 1 heterocycles. The minimum atomic E-state index is -0.656. The first-order chi connectivity index (χ1) is 9.47. The topological polar surface area (TPSA) is 69.1 Å². The molecule has 0 fully saturated rings. The highest BCUT2D eigenvalue weighted by Gasteiger charge is 2.31. The van der Waals surface area contributed by atoms with E-state index in [1.165, 1.54) is 6.07 Å². The second kappa shape index (κ2) is 4.59. The Bertz CT molecular complexity index is 711. The highest BCUT2D eigenvalue weighted by molar-refractivity contribution is 6.30. The fraction of sp³-hybridized carbons (Fsp3) is 0.286. The molecule has 6 heteroatoms. The van der Waals surface area contributed by atoms with Gasteiger partial charge in [0.05, 0.1) is 11.6 Å². The summed E-state index contributed by atoms with van der Waals surface area (Å²) in [7, 11) is 0. The van der Waals surface area contributed by atoms with Crippen molar-refractivity contribution in [2.24, 2.45) is 5.73 Å². The van der Waals surface area contributed by atoms with Crippen molar-refractivity contribution in [1.29, 1.82) is 0 Å². The third-order valence-corrected chi connectivity index (χ3v) is 3.81. The number of primary amides is 1. The lowest BCUT2D eigenvalue weighted by Crippen LogP contribution is -2.11. The average Bonchev–Trinajstić information content (AvgIpc) is 2.92. The maximum absolute atomic E-state index is 13.8. The molecular weight excluding hydrogens is 283 g/mol. The predicted molar refractivity (Wildman–Crippen MR) is 71.3 cm³/mol. The summed E-state index contributed by atoms with van der Waals surface area (Å²) < 4.78 is 19.3. The first kappa shape index (κ1) is 13.1. The number of amides is 1. The van der Waals surface area contributed by atoms with Gasteiger partial charge in [-0.1, -0.05) is 11.6 Å². The van der Waals surface area contributed by atoms with Crippen molar-refractivity contribution in [3.8, 4) is 0 Å². The van der Waals surface area contributed by atoms with Gasteiger partial charge in [0.15, 0.2) is 0 Å². The molecule has 3 rings (SSSR count). The van der Waals surface area contributed by atoms with E-state index < -0.39 is 5.91 Å². The lowest BCUT2D eigenvalue weighted by Gasteiger charge is -2.08. The summed E-state index contributed by atoms with van der Waals surface area (Å²) in [5.74, 6) is -0.720. The number of nitrogens with two attached hydrogens (primary N) is 1. The van der Waals surface area contributed by atoms with E-state index in [9.17, 15) is 9.18 Å². The average molecular weight is 295 g/mol. The third kappa shape index (κ3) is 1.98. The van der Waals surface area contributed by atoms with Crippen LogP contribution in [-0.4, -0.2) is 10.9 Å². The molecule has 104 valence electrons. The Morgan fingerprint density at radius 1 is 1.55 bits per heavy atom. The summed E-state index contributed by atoms with van der Waals surface area (Å²) >= 11 is 5.90. The molecule has 0 spiro atoms. The molecule has 0 saturated carbocycles. The molecule has 0 bridgehead atoms. The maximum atomic E-state index is 13.8. The van der Waals surface area contributed by atoms with E-state index in [1.807, 2.05) is 0 Å². The molecule has 1 aromatic carbocycles. The van der Waals surface area contributed by atoms with Crippen LogP contribution in [0.5, 0.6) is 0 Å². The number of benzene rings is 1. The van der Waals surface area contributed by atoms with Crippen LogP contribution in [-0.2, 0) is 6.42 Å². The van der Waals surface area contributed by atoms with Crippen LogP contribution in [0.1, 0.15) is 45.6 Å². The highest BCUT2D eigenvalue weighted by Crippen LogP contribution is 2.40. The second-order valence-electron chi connectivity index (χ2n) is 4.88. The van der Waals surface area contributed by atoms with Crippen molar-refractivity contribution in [3.05, 3.63) is 51.4 Å². The molecule has 1 aliphatic rings. The summed E-state index contributed by atoms with van der Waals surface area (Å²) in [4.78, 5) is 15.5. The van der Waals surface area contributed by atoms with Gasteiger partial charge in [-0.3, -0.25) is 4.79 Å². The molecule has 0 aliphatic heterocycles. The molecule has 1 aromatic heterocycles. The van der Waals surface area contributed by atoms with E-state index in [0.29, 0.717) is 35.0 Å². The van der Waals surface area contributed by atoms with Crippen molar-refractivity contribution in [1.82, 2.24) is 4.98 Å². The Balaban J connectivity index is 2.07. The summed E-state index contributed by atoms with van der Waals surface area (Å²) in [5, 5.41) is 0.339. The number of halogens is 2. The number of carbonyl (C=O) groups excluding carboxylic acids is 1. The van der Waals surface area contributed by atoms with Gasteiger partial charge in [-0.05, 0) is 43.0 Å². The van der Waals surface area contributed by atoms with E-state index in [-0.39, 0.29) is 17.5 Å². The molecule has 20 heavy (non-hydrogen) atoms. The van der Waals surface area contributed by atoms with Crippen LogP contribution in [0.15, 0.2) is 16.5 Å². The van der Waals surface area contributed by atoms with Gasteiger partial charge in [0.2, 0.25) is 11.7 Å². The van der Waals surface area contributed by atoms with Gasteiger partial charge in [0, 0.05) is 5.02 Å². The van der Waals surface area contributed by atoms with Gasteiger partial charge < -0.3 is 10.2 Å². The van der Waals surface area contributed by atoms with Crippen LogP contribution in [0.4, 0.5) is 4.39 Å². The summed E-state index contributed by atoms with van der Waals surface area (Å²) in [6.07, 6.45) is 1.26. The Morgan fingerprint density at radius 3 is 2.95 bits per heavy atom. The zero-order valence-electron chi connectivity index (χ0n) is 10.7. The Morgan fingerprint density at radius 2 is 2.30 bits per heavy atom. The number of nitrogens with zero attached hydrogens (tertiary/aromatic N) is 1. The van der Waals surface area contributed by atoms with Gasteiger partial charge in [-0.15, -0.1) is 0 Å². The highest BCUT2D eigenvalue weighted by atomic mass is 35.5. The molecule has 2 aromatic rings. The van der Waals surface area contributed by atoms with Crippen molar-refractivity contribution in [3.63, 3.8) is 0 Å². The van der Waals surface area contributed by atoms with Gasteiger partial charge in [-0.2, -0.15) is 0 Å². The van der Waals surface area contributed by atoms with Crippen molar-refractivity contribution in [2.75, 3.05) is 0 Å². The molecule has 0 unspecified atom stereocenters. The van der Waals surface area contributed by atoms with Crippen LogP contribution < -0.4 is 5.73 Å². The molecule has 1 aliphatic carbocycles. The number of carbonyl (C=O) groups is 1. The summed E-state index contributed by atoms with van der Waals surface area (Å²) in [6.45, 7) is 1.65. The minimum Gasteiger partial charge on any atom is -0.435 e. The number of aromatic nitrogens is 1.